The lowest BCUT2D eigenvalue weighted by atomic mass is 9.95. The van der Waals surface area contributed by atoms with Gasteiger partial charge in [0.2, 0.25) is 0 Å². The van der Waals surface area contributed by atoms with E-state index in [0.29, 0.717) is 5.92 Å². The third-order valence-electron chi connectivity index (χ3n) is 3.31. The highest BCUT2D eigenvalue weighted by molar-refractivity contribution is 6.30. The molecule has 0 radical (unpaired) electrons. The van der Waals surface area contributed by atoms with Gasteiger partial charge in [-0.05, 0) is 36.6 Å². The van der Waals surface area contributed by atoms with Crippen molar-refractivity contribution in [3.63, 3.8) is 0 Å². The zero-order valence-electron chi connectivity index (χ0n) is 11.5. The number of nitrogens with one attached hydrogen (secondary N) is 2. The first-order valence-corrected chi connectivity index (χ1v) is 6.96. The van der Waals surface area contributed by atoms with Crippen LogP contribution in [0.15, 0.2) is 36.5 Å². The van der Waals surface area contributed by atoms with Crippen molar-refractivity contribution in [2.24, 2.45) is 5.92 Å². The van der Waals surface area contributed by atoms with Gasteiger partial charge in [0.25, 0.3) is 0 Å². The van der Waals surface area contributed by atoms with Crippen molar-refractivity contribution in [2.45, 2.75) is 32.9 Å². The van der Waals surface area contributed by atoms with E-state index in [1.165, 1.54) is 5.56 Å². The van der Waals surface area contributed by atoms with E-state index in [1.54, 1.807) is 6.20 Å². The van der Waals surface area contributed by atoms with Crippen LogP contribution in [0, 0.1) is 5.92 Å². The van der Waals surface area contributed by atoms with Crippen LogP contribution in [0.5, 0.6) is 0 Å². The third-order valence-corrected chi connectivity index (χ3v) is 3.57. The molecule has 1 heterocycles. The Morgan fingerprint density at radius 2 is 1.79 bits per heavy atom. The Hall–Kier alpha value is -1.32. The van der Waals surface area contributed by atoms with Gasteiger partial charge in [0.1, 0.15) is 0 Å². The maximum absolute atomic E-state index is 5.95. The lowest BCUT2D eigenvalue weighted by molar-refractivity contribution is 0.371. The molecule has 1 aromatic heterocycles. The van der Waals surface area contributed by atoms with E-state index in [1.807, 2.05) is 18.2 Å². The van der Waals surface area contributed by atoms with Gasteiger partial charge in [0.05, 0.1) is 5.69 Å². The zero-order chi connectivity index (χ0) is 13.8. The van der Waals surface area contributed by atoms with Gasteiger partial charge in [0.15, 0.2) is 0 Å². The molecule has 0 aliphatic heterocycles. The minimum Gasteiger partial charge on any atom is -0.302 e. The molecule has 0 saturated carbocycles. The van der Waals surface area contributed by atoms with Crippen LogP contribution in [-0.2, 0) is 0 Å². The van der Waals surface area contributed by atoms with Crippen molar-refractivity contribution >= 4 is 11.6 Å². The first-order chi connectivity index (χ1) is 9.08. The zero-order valence-corrected chi connectivity index (χ0v) is 12.3. The molecular formula is C15H20ClN3. The van der Waals surface area contributed by atoms with E-state index >= 15 is 0 Å². The van der Waals surface area contributed by atoms with Crippen LogP contribution in [-0.4, -0.2) is 10.2 Å². The number of hydrogen-bond acceptors (Lipinski definition) is 2. The number of aromatic nitrogens is 2. The molecule has 3 nitrogen and oxygen atoms in total. The molecule has 0 aliphatic rings. The highest BCUT2D eigenvalue weighted by Gasteiger charge is 2.19. The average Bonchev–Trinajstić information content (AvgIpc) is 2.90. The minimum atomic E-state index is 0.227. The molecule has 19 heavy (non-hydrogen) atoms. The van der Waals surface area contributed by atoms with Gasteiger partial charge in [-0.2, -0.15) is 5.10 Å². The minimum absolute atomic E-state index is 0.227. The molecule has 0 aliphatic carbocycles. The number of H-pyrrole nitrogens is 1. The molecule has 102 valence electrons. The van der Waals surface area contributed by atoms with Crippen LogP contribution in [0.4, 0.5) is 0 Å². The fourth-order valence-electron chi connectivity index (χ4n) is 2.21. The van der Waals surface area contributed by atoms with Crippen molar-refractivity contribution in [3.05, 3.63) is 52.8 Å². The number of aromatic amines is 1. The lowest BCUT2D eigenvalue weighted by Crippen LogP contribution is -2.28. The summed E-state index contributed by atoms with van der Waals surface area (Å²) in [7, 11) is 0. The number of benzene rings is 1. The molecule has 2 unspecified atom stereocenters. The summed E-state index contributed by atoms with van der Waals surface area (Å²) in [6.07, 6.45) is 1.78. The SMILES string of the molecule is CC(NC(c1ccc(Cl)cc1)C(C)C)c1ccn[nH]1. The quantitative estimate of drug-likeness (QED) is 0.863. The Labute approximate surface area is 119 Å². The average molecular weight is 278 g/mol. The second-order valence-corrected chi connectivity index (χ2v) is 5.61. The van der Waals surface area contributed by atoms with Crippen LogP contribution in [0.3, 0.4) is 0 Å². The van der Waals surface area contributed by atoms with E-state index in [-0.39, 0.29) is 12.1 Å². The Bertz CT molecular complexity index is 491. The summed E-state index contributed by atoms with van der Waals surface area (Å²) >= 11 is 5.95. The molecule has 2 N–H and O–H groups in total. The molecule has 0 fully saturated rings. The van der Waals surface area contributed by atoms with Crippen LogP contribution in [0.25, 0.3) is 0 Å². The standard InChI is InChI=1S/C15H20ClN3/c1-10(2)15(12-4-6-13(16)7-5-12)18-11(3)14-8-9-17-19-14/h4-11,15,18H,1-3H3,(H,17,19). The van der Waals surface area contributed by atoms with E-state index in [2.05, 4.69) is 48.4 Å². The van der Waals surface area contributed by atoms with E-state index in [9.17, 15) is 0 Å². The molecule has 4 heteroatoms. The smallest absolute Gasteiger partial charge is 0.0518 e. The highest BCUT2D eigenvalue weighted by atomic mass is 35.5. The molecule has 2 aromatic rings. The summed E-state index contributed by atoms with van der Waals surface area (Å²) in [5, 5.41) is 11.4. The van der Waals surface area contributed by atoms with Crippen LogP contribution in [0.2, 0.25) is 5.02 Å². The second kappa shape index (κ2) is 6.22. The fourth-order valence-corrected chi connectivity index (χ4v) is 2.34. The van der Waals surface area contributed by atoms with Crippen molar-refractivity contribution in [2.75, 3.05) is 0 Å². The number of nitrogens with zero attached hydrogens (tertiary/aromatic N) is 1. The Kier molecular flexibility index (Phi) is 4.61. The van der Waals surface area contributed by atoms with Gasteiger partial charge in [-0.25, -0.2) is 0 Å². The van der Waals surface area contributed by atoms with Crippen LogP contribution < -0.4 is 5.32 Å². The van der Waals surface area contributed by atoms with Gasteiger partial charge >= 0.3 is 0 Å². The second-order valence-electron chi connectivity index (χ2n) is 5.17. The largest absolute Gasteiger partial charge is 0.302 e. The molecule has 0 spiro atoms. The van der Waals surface area contributed by atoms with Crippen molar-refractivity contribution < 1.29 is 0 Å². The molecule has 0 bridgehead atoms. The monoisotopic (exact) mass is 277 g/mol. The fraction of sp³-hybridized carbons (Fsp3) is 0.400. The summed E-state index contributed by atoms with van der Waals surface area (Å²) < 4.78 is 0. The molecule has 0 amide bonds. The highest BCUT2D eigenvalue weighted by Crippen LogP contribution is 2.26. The van der Waals surface area contributed by atoms with E-state index < -0.39 is 0 Å². The van der Waals surface area contributed by atoms with Gasteiger partial charge in [-0.3, -0.25) is 5.10 Å². The van der Waals surface area contributed by atoms with Gasteiger partial charge in [-0.1, -0.05) is 37.6 Å². The topological polar surface area (TPSA) is 40.7 Å². The van der Waals surface area contributed by atoms with Crippen LogP contribution in [0.1, 0.15) is 44.1 Å². The number of rotatable bonds is 5. The van der Waals surface area contributed by atoms with E-state index in [4.69, 9.17) is 11.6 Å². The maximum atomic E-state index is 5.95. The van der Waals surface area contributed by atoms with Gasteiger partial charge in [0, 0.05) is 23.3 Å². The Morgan fingerprint density at radius 3 is 2.32 bits per heavy atom. The Balaban J connectivity index is 2.14. The summed E-state index contributed by atoms with van der Waals surface area (Å²) in [6, 6.07) is 10.6. The third kappa shape index (κ3) is 3.58. The van der Waals surface area contributed by atoms with Crippen molar-refractivity contribution in [1.29, 1.82) is 0 Å². The Morgan fingerprint density at radius 1 is 1.11 bits per heavy atom. The normalized spacial score (nSPS) is 14.6. The summed E-state index contributed by atoms with van der Waals surface area (Å²) in [6.45, 7) is 6.57. The van der Waals surface area contributed by atoms with Gasteiger partial charge < -0.3 is 5.32 Å². The predicted octanol–water partition coefficient (Wildman–Crippen LogP) is 4.11. The first kappa shape index (κ1) is 14.1. The molecule has 0 saturated heterocycles. The first-order valence-electron chi connectivity index (χ1n) is 6.58. The summed E-state index contributed by atoms with van der Waals surface area (Å²) in [5.41, 5.74) is 2.35. The van der Waals surface area contributed by atoms with Gasteiger partial charge in [-0.15, -0.1) is 0 Å². The lowest BCUT2D eigenvalue weighted by Gasteiger charge is -2.26. The number of halogens is 1. The van der Waals surface area contributed by atoms with E-state index in [0.717, 1.165) is 10.7 Å². The predicted molar refractivity (Wildman–Crippen MR) is 79.2 cm³/mol. The molecule has 1 aromatic carbocycles. The van der Waals surface area contributed by atoms with Crippen LogP contribution >= 0.6 is 11.6 Å². The molecular weight excluding hydrogens is 258 g/mol. The van der Waals surface area contributed by atoms with Crippen molar-refractivity contribution in [3.8, 4) is 0 Å². The summed E-state index contributed by atoms with van der Waals surface area (Å²) in [5.74, 6) is 0.492. The maximum Gasteiger partial charge on any atom is 0.0518 e. The number of hydrogen-bond donors (Lipinski definition) is 2. The molecule has 2 rings (SSSR count). The molecule has 2 atom stereocenters. The van der Waals surface area contributed by atoms with Crippen molar-refractivity contribution in [1.82, 2.24) is 15.5 Å². The summed E-state index contributed by atoms with van der Waals surface area (Å²) in [4.78, 5) is 0.